The Kier molecular flexibility index (Phi) is 5.55. The number of rotatable bonds is 4. The van der Waals surface area contributed by atoms with Crippen LogP contribution in [0.5, 0.6) is 0 Å². The van der Waals surface area contributed by atoms with Crippen LogP contribution >= 0.6 is 0 Å². The van der Waals surface area contributed by atoms with Crippen LogP contribution < -0.4 is 0 Å². The summed E-state index contributed by atoms with van der Waals surface area (Å²) in [7, 11) is -1.65. The molecule has 0 spiro atoms. The summed E-state index contributed by atoms with van der Waals surface area (Å²) in [5.74, 6) is -0.104. The lowest BCUT2D eigenvalue weighted by Gasteiger charge is -2.33. The maximum absolute atomic E-state index is 13.1. The van der Waals surface area contributed by atoms with Crippen molar-refractivity contribution in [3.63, 3.8) is 0 Å². The van der Waals surface area contributed by atoms with Gasteiger partial charge in [0.25, 0.3) is 0 Å². The molecule has 0 atom stereocenters. The third-order valence-electron chi connectivity index (χ3n) is 6.22. The largest absolute Gasteiger partial charge is 0.337 e. The number of hydrogen-bond donors (Lipinski definition) is 0. The highest BCUT2D eigenvalue weighted by Crippen LogP contribution is 2.26. The lowest BCUT2D eigenvalue weighted by atomic mass is 10.1. The Morgan fingerprint density at radius 3 is 2.43 bits per heavy atom. The molecule has 1 aromatic heterocycles. The number of sulfonamides is 1. The summed E-state index contributed by atoms with van der Waals surface area (Å²) in [4.78, 5) is 14.7. The van der Waals surface area contributed by atoms with E-state index in [0.29, 0.717) is 31.1 Å². The number of aryl methyl sites for hydroxylation is 4. The van der Waals surface area contributed by atoms with Crippen molar-refractivity contribution in [2.75, 3.05) is 26.2 Å². The second-order valence-corrected chi connectivity index (χ2v) is 9.99. The maximum atomic E-state index is 13.1. The molecule has 2 heterocycles. The van der Waals surface area contributed by atoms with Crippen LogP contribution in [-0.4, -0.2) is 59.5 Å². The molecule has 8 heteroatoms. The number of benzene rings is 1. The third kappa shape index (κ3) is 3.81. The van der Waals surface area contributed by atoms with Crippen LogP contribution in [0.2, 0.25) is 0 Å². The molecule has 0 radical (unpaired) electrons. The molecule has 1 fully saturated rings. The van der Waals surface area contributed by atoms with Gasteiger partial charge >= 0.3 is 0 Å². The molecule has 0 N–H and O–H groups in total. The van der Waals surface area contributed by atoms with E-state index < -0.39 is 10.0 Å². The van der Waals surface area contributed by atoms with Crippen LogP contribution in [0.25, 0.3) is 6.08 Å². The highest BCUT2D eigenvalue weighted by atomic mass is 32.2. The van der Waals surface area contributed by atoms with Gasteiger partial charge in [0.15, 0.2) is 0 Å². The molecule has 160 valence electrons. The molecule has 1 aliphatic carbocycles. The van der Waals surface area contributed by atoms with E-state index in [1.54, 1.807) is 27.8 Å². The highest BCUT2D eigenvalue weighted by molar-refractivity contribution is 7.89. The first-order valence-corrected chi connectivity index (χ1v) is 11.8. The van der Waals surface area contributed by atoms with E-state index in [1.807, 2.05) is 33.0 Å². The Labute approximate surface area is 178 Å². The van der Waals surface area contributed by atoms with Crippen molar-refractivity contribution in [1.82, 2.24) is 19.0 Å². The second kappa shape index (κ2) is 8.00. The summed E-state index contributed by atoms with van der Waals surface area (Å²) in [6, 6.07) is 5.50. The van der Waals surface area contributed by atoms with Gasteiger partial charge in [-0.2, -0.15) is 9.40 Å². The zero-order valence-corrected chi connectivity index (χ0v) is 18.6. The average Bonchev–Trinajstić information content (AvgIpc) is 3.30. The van der Waals surface area contributed by atoms with E-state index in [2.05, 4.69) is 5.10 Å². The zero-order valence-electron chi connectivity index (χ0n) is 17.8. The fourth-order valence-electron chi connectivity index (χ4n) is 4.30. The van der Waals surface area contributed by atoms with E-state index >= 15 is 0 Å². The van der Waals surface area contributed by atoms with Crippen molar-refractivity contribution in [1.29, 1.82) is 0 Å². The van der Waals surface area contributed by atoms with Gasteiger partial charge < -0.3 is 4.90 Å². The third-order valence-corrected chi connectivity index (χ3v) is 8.11. The number of piperazine rings is 1. The number of amides is 1. The van der Waals surface area contributed by atoms with Crippen molar-refractivity contribution in [2.45, 2.75) is 38.0 Å². The molecular weight excluding hydrogens is 400 g/mol. The van der Waals surface area contributed by atoms with Gasteiger partial charge in [-0.05, 0) is 62.4 Å². The molecule has 1 aliphatic heterocycles. The fraction of sp³-hybridized carbons (Fsp3) is 0.455. The predicted octanol–water partition coefficient (Wildman–Crippen LogP) is 2.07. The van der Waals surface area contributed by atoms with E-state index in [-0.39, 0.29) is 5.91 Å². The minimum absolute atomic E-state index is 0.104. The topological polar surface area (TPSA) is 75.5 Å². The molecule has 1 aromatic carbocycles. The van der Waals surface area contributed by atoms with Gasteiger partial charge in [0, 0.05) is 50.6 Å². The zero-order chi connectivity index (χ0) is 21.5. The second-order valence-electron chi connectivity index (χ2n) is 8.05. The minimum atomic E-state index is -3.53. The van der Waals surface area contributed by atoms with Crippen LogP contribution in [-0.2, 0) is 34.7 Å². The number of hydrogen-bond acceptors (Lipinski definition) is 4. The minimum Gasteiger partial charge on any atom is -0.337 e. The van der Waals surface area contributed by atoms with Crippen molar-refractivity contribution < 1.29 is 13.2 Å². The summed E-state index contributed by atoms with van der Waals surface area (Å²) in [6.45, 7) is 5.27. The van der Waals surface area contributed by atoms with Crippen molar-refractivity contribution in [3.05, 3.63) is 52.4 Å². The van der Waals surface area contributed by atoms with Crippen LogP contribution in [0, 0.1) is 13.8 Å². The van der Waals surface area contributed by atoms with Gasteiger partial charge in [0.05, 0.1) is 10.6 Å². The molecule has 0 saturated carbocycles. The van der Waals surface area contributed by atoms with Gasteiger partial charge in [-0.1, -0.05) is 6.07 Å². The van der Waals surface area contributed by atoms with Crippen LogP contribution in [0.15, 0.2) is 29.2 Å². The Bertz CT molecular complexity index is 1110. The number of carbonyl (C=O) groups excluding carboxylic acids is 1. The summed E-state index contributed by atoms with van der Waals surface area (Å²) < 4.78 is 29.4. The average molecular weight is 429 g/mol. The predicted molar refractivity (Wildman–Crippen MR) is 116 cm³/mol. The summed E-state index contributed by atoms with van der Waals surface area (Å²) in [5.41, 5.74) is 5.24. The van der Waals surface area contributed by atoms with Crippen molar-refractivity contribution in [2.24, 2.45) is 7.05 Å². The molecule has 0 bridgehead atoms. The Balaban J connectivity index is 1.40. The number of carbonyl (C=O) groups is 1. The lowest BCUT2D eigenvalue weighted by Crippen LogP contribution is -2.50. The maximum Gasteiger partial charge on any atom is 0.246 e. The Morgan fingerprint density at radius 2 is 1.77 bits per heavy atom. The van der Waals surface area contributed by atoms with E-state index in [0.717, 1.165) is 41.8 Å². The first-order chi connectivity index (χ1) is 14.3. The van der Waals surface area contributed by atoms with E-state index in [4.69, 9.17) is 0 Å². The summed E-state index contributed by atoms with van der Waals surface area (Å²) in [6.07, 6.45) is 6.42. The molecule has 0 unspecified atom stereocenters. The van der Waals surface area contributed by atoms with Crippen molar-refractivity contribution in [3.8, 4) is 0 Å². The van der Waals surface area contributed by atoms with Crippen molar-refractivity contribution >= 4 is 22.0 Å². The van der Waals surface area contributed by atoms with Crippen LogP contribution in [0.3, 0.4) is 0 Å². The Morgan fingerprint density at radius 1 is 1.07 bits per heavy atom. The SMILES string of the molecule is Cc1nn(C)c(C)c1/C=C/C(=O)N1CCN(S(=O)(=O)c2ccc3c(c2)CCC3)CC1. The normalized spacial score (nSPS) is 17.6. The number of aromatic nitrogens is 2. The number of fused-ring (bicyclic) bond motifs is 1. The molecule has 1 saturated heterocycles. The fourth-order valence-corrected chi connectivity index (χ4v) is 5.77. The summed E-state index contributed by atoms with van der Waals surface area (Å²) >= 11 is 0. The van der Waals surface area contributed by atoms with Gasteiger partial charge in [-0.15, -0.1) is 0 Å². The summed E-state index contributed by atoms with van der Waals surface area (Å²) in [5, 5.41) is 4.36. The smallest absolute Gasteiger partial charge is 0.246 e. The quantitative estimate of drug-likeness (QED) is 0.699. The van der Waals surface area contributed by atoms with E-state index in [1.165, 1.54) is 9.87 Å². The number of nitrogens with zero attached hydrogens (tertiary/aromatic N) is 4. The highest BCUT2D eigenvalue weighted by Gasteiger charge is 2.30. The molecule has 2 aromatic rings. The molecule has 2 aliphatic rings. The van der Waals surface area contributed by atoms with E-state index in [9.17, 15) is 13.2 Å². The van der Waals surface area contributed by atoms with Crippen LogP contribution in [0.4, 0.5) is 0 Å². The first-order valence-electron chi connectivity index (χ1n) is 10.4. The van der Waals surface area contributed by atoms with Gasteiger partial charge in [-0.25, -0.2) is 8.42 Å². The van der Waals surface area contributed by atoms with Gasteiger partial charge in [0.2, 0.25) is 15.9 Å². The lowest BCUT2D eigenvalue weighted by molar-refractivity contribution is -0.127. The van der Waals surface area contributed by atoms with Gasteiger partial charge in [-0.3, -0.25) is 9.48 Å². The Hall–Kier alpha value is -2.45. The standard InChI is InChI=1S/C22H28N4O3S/c1-16-21(17(2)24(3)23-16)9-10-22(27)25-11-13-26(14-12-25)30(28,29)20-8-7-18-5-4-6-19(18)15-20/h7-10,15H,4-6,11-14H2,1-3H3/b10-9+. The first kappa shape index (κ1) is 20.8. The monoisotopic (exact) mass is 428 g/mol. The van der Waals surface area contributed by atoms with Gasteiger partial charge in [0.1, 0.15) is 0 Å². The molecule has 4 rings (SSSR count). The molecule has 1 amide bonds. The molecular formula is C22H28N4O3S. The van der Waals surface area contributed by atoms with Crippen LogP contribution in [0.1, 0.15) is 34.5 Å². The molecule has 30 heavy (non-hydrogen) atoms. The molecule has 7 nitrogen and oxygen atoms in total.